The van der Waals surface area contributed by atoms with Gasteiger partial charge in [0.2, 0.25) is 0 Å². The average molecular weight is 534 g/mol. The van der Waals surface area contributed by atoms with E-state index in [0.717, 1.165) is 68.1 Å². The van der Waals surface area contributed by atoms with Crippen molar-refractivity contribution in [3.63, 3.8) is 0 Å². The quantitative estimate of drug-likeness (QED) is 0.615. The van der Waals surface area contributed by atoms with Gasteiger partial charge in [0.15, 0.2) is 0 Å². The summed E-state index contributed by atoms with van der Waals surface area (Å²) in [6.45, 7) is 6.39. The largest absolute Gasteiger partial charge is 0.385 e. The van der Waals surface area contributed by atoms with Gasteiger partial charge in [0.25, 0.3) is 0 Å². The number of aryl methyl sites for hydroxylation is 2. The van der Waals surface area contributed by atoms with E-state index in [1.807, 2.05) is 12.3 Å². The molecule has 0 bridgehead atoms. The number of methoxy groups -OCH3 is 1. The standard InChI is InChI=1S/C26H34BrClN4O/c1-33-13-8-22-17-32(12-9-29-22)23-6-10-31(11-7-23)26-24-5-4-21(28)15-18(24)2-3-19-14-20(27)16-30-25(19)26/h4-5,14-16,22-23,26,29H,2-3,6-13,17H2,1H3/t22-,26?/m0/s1. The van der Waals surface area contributed by atoms with Crippen LogP contribution in [0.25, 0.3) is 0 Å². The predicted octanol–water partition coefficient (Wildman–Crippen LogP) is 4.46. The van der Waals surface area contributed by atoms with E-state index >= 15 is 0 Å². The van der Waals surface area contributed by atoms with Gasteiger partial charge in [-0.05, 0) is 82.9 Å². The number of rotatable bonds is 5. The van der Waals surface area contributed by atoms with Crippen LogP contribution in [-0.4, -0.2) is 73.3 Å². The highest BCUT2D eigenvalue weighted by Gasteiger charge is 2.35. The molecule has 0 saturated carbocycles. The molecule has 3 aliphatic rings. The summed E-state index contributed by atoms with van der Waals surface area (Å²) in [5.74, 6) is 0. The third kappa shape index (κ3) is 5.31. The van der Waals surface area contributed by atoms with Crippen molar-refractivity contribution in [3.8, 4) is 0 Å². The molecule has 178 valence electrons. The minimum atomic E-state index is 0.210. The zero-order chi connectivity index (χ0) is 22.8. The minimum Gasteiger partial charge on any atom is -0.385 e. The number of piperidine rings is 1. The summed E-state index contributed by atoms with van der Waals surface area (Å²) in [5, 5.41) is 4.49. The lowest BCUT2D eigenvalue weighted by atomic mass is 9.93. The number of nitrogens with one attached hydrogen (secondary N) is 1. The number of piperazine rings is 1. The molecular formula is C26H34BrClN4O. The molecule has 0 radical (unpaired) electrons. The van der Waals surface area contributed by atoms with Crippen LogP contribution in [0.3, 0.4) is 0 Å². The summed E-state index contributed by atoms with van der Waals surface area (Å²) >= 11 is 10.0. The molecule has 1 aromatic heterocycles. The SMILES string of the molecule is COCC[C@H]1CN(C2CCN(C3c4ccc(Cl)cc4CCc4cc(Br)cnc43)CC2)CCN1. The van der Waals surface area contributed by atoms with Gasteiger partial charge in [-0.3, -0.25) is 14.8 Å². The number of halogens is 2. The second-order valence-corrected chi connectivity index (χ2v) is 11.0. The van der Waals surface area contributed by atoms with Gasteiger partial charge in [-0.15, -0.1) is 0 Å². The molecule has 2 aromatic rings. The summed E-state index contributed by atoms with van der Waals surface area (Å²) in [4.78, 5) is 10.3. The maximum atomic E-state index is 6.39. The monoisotopic (exact) mass is 532 g/mol. The lowest BCUT2D eigenvalue weighted by Crippen LogP contribution is -2.56. The highest BCUT2D eigenvalue weighted by atomic mass is 79.9. The summed E-state index contributed by atoms with van der Waals surface area (Å²) in [6.07, 6.45) is 7.49. The Morgan fingerprint density at radius 3 is 2.76 bits per heavy atom. The van der Waals surface area contributed by atoms with Crippen molar-refractivity contribution in [2.75, 3.05) is 46.4 Å². The van der Waals surface area contributed by atoms with Gasteiger partial charge in [-0.1, -0.05) is 17.7 Å². The molecule has 3 heterocycles. The molecule has 2 atom stereocenters. The second-order valence-electron chi connectivity index (χ2n) is 9.64. The first kappa shape index (κ1) is 23.7. The fourth-order valence-corrected chi connectivity index (χ4v) is 6.50. The van der Waals surface area contributed by atoms with Gasteiger partial charge < -0.3 is 10.1 Å². The molecule has 5 rings (SSSR count). The average Bonchev–Trinajstić information content (AvgIpc) is 2.99. The molecule has 2 fully saturated rings. The van der Waals surface area contributed by atoms with Crippen molar-refractivity contribution >= 4 is 27.5 Å². The lowest BCUT2D eigenvalue weighted by Gasteiger charge is -2.44. The van der Waals surface area contributed by atoms with Gasteiger partial charge in [0.05, 0.1) is 11.7 Å². The molecule has 1 unspecified atom stereocenters. The van der Waals surface area contributed by atoms with Crippen LogP contribution in [0.5, 0.6) is 0 Å². The first-order chi connectivity index (χ1) is 16.1. The normalized spacial score (nSPS) is 24.8. The van der Waals surface area contributed by atoms with E-state index in [1.54, 1.807) is 7.11 Å². The van der Waals surface area contributed by atoms with Crippen LogP contribution in [0.15, 0.2) is 34.9 Å². The summed E-state index contributed by atoms with van der Waals surface area (Å²) in [7, 11) is 1.79. The Balaban J connectivity index is 1.34. The Morgan fingerprint density at radius 1 is 1.12 bits per heavy atom. The molecule has 33 heavy (non-hydrogen) atoms. The van der Waals surface area contributed by atoms with E-state index < -0.39 is 0 Å². The third-order valence-electron chi connectivity index (χ3n) is 7.63. The Hall–Kier alpha value is -1.02. The van der Waals surface area contributed by atoms with Crippen LogP contribution >= 0.6 is 27.5 Å². The van der Waals surface area contributed by atoms with Gasteiger partial charge in [-0.2, -0.15) is 0 Å². The first-order valence-electron chi connectivity index (χ1n) is 12.3. The zero-order valence-corrected chi connectivity index (χ0v) is 21.7. The molecule has 2 aliphatic heterocycles. The smallest absolute Gasteiger partial charge is 0.0781 e. The molecule has 5 nitrogen and oxygen atoms in total. The number of aromatic nitrogens is 1. The Labute approximate surface area is 211 Å². The van der Waals surface area contributed by atoms with Gasteiger partial charge in [-0.25, -0.2) is 0 Å². The number of pyridine rings is 1. The third-order valence-corrected chi connectivity index (χ3v) is 8.30. The van der Waals surface area contributed by atoms with Crippen LogP contribution in [0.1, 0.15) is 47.7 Å². The topological polar surface area (TPSA) is 40.6 Å². The Bertz CT molecular complexity index is 912. The summed E-state index contributed by atoms with van der Waals surface area (Å²) in [6, 6.07) is 10.1. The second kappa shape index (κ2) is 10.7. The molecule has 2 saturated heterocycles. The van der Waals surface area contributed by atoms with Gasteiger partial charge in [0, 0.05) is 74.2 Å². The van der Waals surface area contributed by atoms with Crippen LogP contribution in [0.4, 0.5) is 0 Å². The minimum absolute atomic E-state index is 0.210. The first-order valence-corrected chi connectivity index (χ1v) is 13.4. The fraction of sp³-hybridized carbons (Fsp3) is 0.577. The number of fused-ring (bicyclic) bond motifs is 2. The molecule has 0 spiro atoms. The van der Waals surface area contributed by atoms with E-state index in [1.165, 1.54) is 35.2 Å². The van der Waals surface area contributed by atoms with Crippen molar-refractivity contribution in [1.29, 1.82) is 0 Å². The molecule has 1 aromatic carbocycles. The van der Waals surface area contributed by atoms with E-state index in [4.69, 9.17) is 21.3 Å². The number of benzene rings is 1. The van der Waals surface area contributed by atoms with Crippen molar-refractivity contribution in [2.24, 2.45) is 0 Å². The number of hydrogen-bond donors (Lipinski definition) is 1. The number of nitrogens with zero attached hydrogens (tertiary/aromatic N) is 3. The fourth-order valence-electron chi connectivity index (χ4n) is 5.93. The molecule has 0 amide bonds. The van der Waals surface area contributed by atoms with E-state index in [-0.39, 0.29) is 6.04 Å². The van der Waals surface area contributed by atoms with Gasteiger partial charge in [0.1, 0.15) is 0 Å². The van der Waals surface area contributed by atoms with Crippen molar-refractivity contribution in [2.45, 2.75) is 50.2 Å². The van der Waals surface area contributed by atoms with Crippen molar-refractivity contribution in [3.05, 3.63) is 62.3 Å². The zero-order valence-electron chi connectivity index (χ0n) is 19.4. The lowest BCUT2D eigenvalue weighted by molar-refractivity contribution is 0.0652. The maximum Gasteiger partial charge on any atom is 0.0781 e. The van der Waals surface area contributed by atoms with E-state index in [9.17, 15) is 0 Å². The molecular weight excluding hydrogens is 500 g/mol. The van der Waals surface area contributed by atoms with Crippen LogP contribution < -0.4 is 5.32 Å². The van der Waals surface area contributed by atoms with Crippen LogP contribution in [0, 0.1) is 0 Å². The van der Waals surface area contributed by atoms with Crippen molar-refractivity contribution in [1.82, 2.24) is 20.1 Å². The Morgan fingerprint density at radius 2 is 1.94 bits per heavy atom. The highest BCUT2D eigenvalue weighted by molar-refractivity contribution is 9.10. The molecule has 1 aliphatic carbocycles. The van der Waals surface area contributed by atoms with E-state index in [2.05, 4.69) is 49.2 Å². The van der Waals surface area contributed by atoms with Crippen LogP contribution in [-0.2, 0) is 17.6 Å². The highest BCUT2D eigenvalue weighted by Crippen LogP contribution is 2.39. The predicted molar refractivity (Wildman–Crippen MR) is 137 cm³/mol. The van der Waals surface area contributed by atoms with Crippen molar-refractivity contribution < 1.29 is 4.74 Å². The van der Waals surface area contributed by atoms with Crippen LogP contribution in [0.2, 0.25) is 5.02 Å². The number of ether oxygens (including phenoxy) is 1. The molecule has 1 N–H and O–H groups in total. The number of likely N-dealkylation sites (tertiary alicyclic amines) is 1. The molecule has 7 heteroatoms. The Kier molecular flexibility index (Phi) is 7.70. The van der Waals surface area contributed by atoms with E-state index in [0.29, 0.717) is 12.1 Å². The summed E-state index contributed by atoms with van der Waals surface area (Å²) in [5.41, 5.74) is 5.33. The summed E-state index contributed by atoms with van der Waals surface area (Å²) < 4.78 is 6.37. The maximum absolute atomic E-state index is 6.39. The van der Waals surface area contributed by atoms with Gasteiger partial charge >= 0.3 is 0 Å². The number of hydrogen-bond acceptors (Lipinski definition) is 5.